The second-order valence-electron chi connectivity index (χ2n) is 2.51. The van der Waals surface area contributed by atoms with E-state index in [1.807, 2.05) is 5.01 Å². The van der Waals surface area contributed by atoms with Crippen LogP contribution in [0, 0.1) is 0 Å². The Morgan fingerprint density at radius 1 is 1.50 bits per heavy atom. The maximum atomic E-state index is 10.6. The average Bonchev–Trinajstić information content (AvgIpc) is 2.54. The molecule has 0 spiro atoms. The van der Waals surface area contributed by atoms with E-state index in [4.69, 9.17) is 4.74 Å². The van der Waals surface area contributed by atoms with Gasteiger partial charge in [-0.1, -0.05) is 0 Å². The summed E-state index contributed by atoms with van der Waals surface area (Å²) in [6.45, 7) is 2.79. The Morgan fingerprint density at radius 3 is 2.83 bits per heavy atom. The Labute approximate surface area is 68.9 Å². The second kappa shape index (κ2) is 2.98. The highest BCUT2D eigenvalue weighted by atomic mass is 16.6. The molecule has 12 heavy (non-hydrogen) atoms. The third-order valence-electron chi connectivity index (χ3n) is 1.71. The predicted octanol–water partition coefficient (Wildman–Crippen LogP) is -2.00. The third kappa shape index (κ3) is 1.33. The lowest BCUT2D eigenvalue weighted by Gasteiger charge is -2.19. The third-order valence-corrected chi connectivity index (χ3v) is 1.71. The van der Waals surface area contributed by atoms with Crippen LogP contribution in [0.5, 0.6) is 5.95 Å². The van der Waals surface area contributed by atoms with Crippen molar-refractivity contribution in [1.82, 2.24) is 5.27 Å². The summed E-state index contributed by atoms with van der Waals surface area (Å²) in [6, 6.07) is 0. The lowest BCUT2D eigenvalue weighted by Crippen LogP contribution is -2.62. The van der Waals surface area contributed by atoms with Crippen molar-refractivity contribution in [3.05, 3.63) is 6.20 Å². The van der Waals surface area contributed by atoms with E-state index < -0.39 is 5.95 Å². The fraction of sp³-hybridized carbons (Fsp3) is 0.667. The zero-order valence-corrected chi connectivity index (χ0v) is 6.47. The van der Waals surface area contributed by atoms with Crippen molar-refractivity contribution in [3.8, 4) is 5.95 Å². The topological polar surface area (TPSA) is 65.4 Å². The Bertz CT molecular complexity index is 256. The van der Waals surface area contributed by atoms with Gasteiger partial charge in [-0.25, -0.2) is 0 Å². The number of rotatable bonds is 1. The molecule has 0 radical (unpaired) electrons. The summed E-state index contributed by atoms with van der Waals surface area (Å²) in [6.07, 6.45) is 1.31. The molecule has 2 rings (SSSR count). The first kappa shape index (κ1) is 7.35. The largest absolute Gasteiger partial charge is 0.539 e. The fourth-order valence-electron chi connectivity index (χ4n) is 1.12. The summed E-state index contributed by atoms with van der Waals surface area (Å²) >= 11 is 0. The standard InChI is InChI=1S/C6H9N3O3/c10-6-5-9(7-12-6)8-1-3-11-4-2-8/h5H,1-4H2. The highest BCUT2D eigenvalue weighted by Crippen LogP contribution is 1.95. The Hall–Kier alpha value is -1.30. The van der Waals surface area contributed by atoms with Crippen LogP contribution in [-0.4, -0.2) is 31.6 Å². The van der Waals surface area contributed by atoms with Gasteiger partial charge in [-0.3, -0.25) is 0 Å². The molecule has 1 saturated heterocycles. The number of hydrogen-bond acceptors (Lipinski definition) is 5. The summed E-state index contributed by atoms with van der Waals surface area (Å²) in [5.74, 6) is -0.429. The first-order valence-corrected chi connectivity index (χ1v) is 3.75. The lowest BCUT2D eigenvalue weighted by atomic mass is 10.5. The maximum absolute atomic E-state index is 10.6. The molecule has 0 aliphatic carbocycles. The van der Waals surface area contributed by atoms with Gasteiger partial charge in [0.2, 0.25) is 0 Å². The lowest BCUT2D eigenvalue weighted by molar-refractivity contribution is -0.760. The van der Waals surface area contributed by atoms with Crippen LogP contribution in [0.25, 0.3) is 0 Å². The minimum atomic E-state index is -0.429. The van der Waals surface area contributed by atoms with Crippen molar-refractivity contribution >= 4 is 0 Å². The molecule has 0 saturated carbocycles. The van der Waals surface area contributed by atoms with Crippen LogP contribution in [0.2, 0.25) is 0 Å². The molecule has 1 fully saturated rings. The summed E-state index contributed by atoms with van der Waals surface area (Å²) in [7, 11) is 0. The van der Waals surface area contributed by atoms with Gasteiger partial charge in [0.25, 0.3) is 6.20 Å². The van der Waals surface area contributed by atoms with Crippen LogP contribution in [0.1, 0.15) is 0 Å². The van der Waals surface area contributed by atoms with Gasteiger partial charge in [0, 0.05) is 4.79 Å². The smallest absolute Gasteiger partial charge is 0.255 e. The molecular formula is C6H9N3O3. The monoisotopic (exact) mass is 171 g/mol. The molecular weight excluding hydrogens is 162 g/mol. The second-order valence-corrected chi connectivity index (χ2v) is 2.51. The molecule has 1 aliphatic rings. The maximum Gasteiger partial charge on any atom is 0.255 e. The molecule has 0 aromatic carbocycles. The number of aromatic nitrogens is 2. The van der Waals surface area contributed by atoms with Crippen LogP contribution in [0.4, 0.5) is 0 Å². The van der Waals surface area contributed by atoms with Gasteiger partial charge in [0.15, 0.2) is 5.95 Å². The van der Waals surface area contributed by atoms with E-state index in [1.54, 1.807) is 0 Å². The van der Waals surface area contributed by atoms with Crippen molar-refractivity contribution in [3.63, 3.8) is 0 Å². The molecule has 66 valence electrons. The Morgan fingerprint density at radius 2 is 2.25 bits per heavy atom. The van der Waals surface area contributed by atoms with E-state index in [9.17, 15) is 5.11 Å². The van der Waals surface area contributed by atoms with E-state index in [-0.39, 0.29) is 0 Å². The number of ether oxygens (including phenoxy) is 1. The normalized spacial score (nSPS) is 18.2. The van der Waals surface area contributed by atoms with Gasteiger partial charge in [-0.05, 0) is 0 Å². The molecule has 1 aromatic heterocycles. The van der Waals surface area contributed by atoms with Crippen LogP contribution in [0.3, 0.4) is 0 Å². The van der Waals surface area contributed by atoms with Crippen molar-refractivity contribution < 1.29 is 19.2 Å². The zero-order valence-electron chi connectivity index (χ0n) is 6.47. The summed E-state index contributed by atoms with van der Waals surface area (Å²) in [5, 5.41) is 16.0. The van der Waals surface area contributed by atoms with Crippen LogP contribution >= 0.6 is 0 Å². The van der Waals surface area contributed by atoms with E-state index in [2.05, 4.69) is 9.79 Å². The summed E-state index contributed by atoms with van der Waals surface area (Å²) < 4.78 is 9.53. The quantitative estimate of drug-likeness (QED) is 0.457. The first-order valence-electron chi connectivity index (χ1n) is 3.75. The van der Waals surface area contributed by atoms with E-state index >= 15 is 0 Å². The van der Waals surface area contributed by atoms with Gasteiger partial charge in [-0.2, -0.15) is 5.01 Å². The molecule has 0 bridgehead atoms. The predicted molar refractivity (Wildman–Crippen MR) is 34.9 cm³/mol. The highest BCUT2D eigenvalue weighted by molar-refractivity contribution is 4.82. The summed E-state index contributed by atoms with van der Waals surface area (Å²) in [5.41, 5.74) is 0. The summed E-state index contributed by atoms with van der Waals surface area (Å²) in [4.78, 5) is 1.42. The zero-order chi connectivity index (χ0) is 8.39. The fourth-order valence-corrected chi connectivity index (χ4v) is 1.12. The van der Waals surface area contributed by atoms with E-state index in [0.29, 0.717) is 13.2 Å². The van der Waals surface area contributed by atoms with E-state index in [1.165, 1.54) is 11.0 Å². The molecule has 0 amide bonds. The van der Waals surface area contributed by atoms with Gasteiger partial charge in [0.05, 0.1) is 26.3 Å². The molecule has 1 aromatic rings. The van der Waals surface area contributed by atoms with Crippen LogP contribution < -0.4 is 14.9 Å². The molecule has 6 heteroatoms. The minimum Gasteiger partial charge on any atom is -0.539 e. The molecule has 0 atom stereocenters. The van der Waals surface area contributed by atoms with Crippen molar-refractivity contribution in [2.45, 2.75) is 0 Å². The van der Waals surface area contributed by atoms with Crippen LogP contribution in [0.15, 0.2) is 10.7 Å². The Balaban J connectivity index is 2.08. The molecule has 0 N–H and O–H groups in total. The average molecular weight is 171 g/mol. The number of nitrogens with zero attached hydrogens (tertiary/aromatic N) is 3. The number of hydrogen-bond donors (Lipinski definition) is 0. The molecule has 6 nitrogen and oxygen atoms in total. The SMILES string of the molecule is [O-]c1c[n+](N2CCOCC2)no1. The molecule has 0 unspecified atom stereocenters. The number of morpholine rings is 1. The van der Waals surface area contributed by atoms with Crippen LogP contribution in [-0.2, 0) is 4.74 Å². The van der Waals surface area contributed by atoms with Crippen molar-refractivity contribution in [2.24, 2.45) is 0 Å². The van der Waals surface area contributed by atoms with Gasteiger partial charge >= 0.3 is 0 Å². The Kier molecular flexibility index (Phi) is 1.83. The van der Waals surface area contributed by atoms with Crippen molar-refractivity contribution in [1.29, 1.82) is 0 Å². The minimum absolute atomic E-state index is 0.429. The van der Waals surface area contributed by atoms with E-state index in [0.717, 1.165) is 13.1 Å². The highest BCUT2D eigenvalue weighted by Gasteiger charge is 2.19. The van der Waals surface area contributed by atoms with Gasteiger partial charge < -0.3 is 14.4 Å². The van der Waals surface area contributed by atoms with Crippen molar-refractivity contribution in [2.75, 3.05) is 31.3 Å². The first-order chi connectivity index (χ1) is 5.86. The van der Waals surface area contributed by atoms with Gasteiger partial charge in [-0.15, -0.1) is 0 Å². The molecule has 1 aliphatic heterocycles. The van der Waals surface area contributed by atoms with Gasteiger partial charge in [0.1, 0.15) is 5.27 Å². The molecule has 2 heterocycles.